The minimum atomic E-state index is 0.424. The molecule has 26 heavy (non-hydrogen) atoms. The molecule has 0 fully saturated rings. The van der Waals surface area contributed by atoms with Gasteiger partial charge in [0, 0.05) is 59.5 Å². The van der Waals surface area contributed by atoms with Crippen molar-refractivity contribution in [2.45, 2.75) is 6.54 Å². The van der Waals surface area contributed by atoms with Gasteiger partial charge in [-0.05, 0) is 24.3 Å². The molecule has 0 aromatic heterocycles. The first kappa shape index (κ1) is 16.7. The first-order valence-corrected chi connectivity index (χ1v) is 8.81. The molecule has 0 radical (unpaired) electrons. The fourth-order valence-electron chi connectivity index (χ4n) is 3.47. The van der Waals surface area contributed by atoms with Crippen LogP contribution in [0.2, 0.25) is 0 Å². The Balaban J connectivity index is 1.67. The molecule has 4 N–H and O–H groups in total. The summed E-state index contributed by atoms with van der Waals surface area (Å²) in [7, 11) is 1.66. The van der Waals surface area contributed by atoms with Crippen molar-refractivity contribution < 1.29 is 9.47 Å². The average molecular weight is 349 g/mol. The van der Waals surface area contributed by atoms with E-state index < -0.39 is 0 Å². The number of hydrogen-bond acceptors (Lipinski definition) is 5. The number of anilines is 2. The number of allylic oxidation sites excluding steroid dienone is 1. The second-order valence-electron chi connectivity index (χ2n) is 6.30. The average Bonchev–Trinajstić information content (AvgIpc) is 3.11. The SMILES string of the molecule is COCCOc1ccc2c(c1CN)C=CC(=C1CNc3ccccc31)N2. The van der Waals surface area contributed by atoms with Crippen molar-refractivity contribution in [3.8, 4) is 5.75 Å². The number of hydrogen-bond donors (Lipinski definition) is 3. The molecule has 0 bridgehead atoms. The minimum Gasteiger partial charge on any atom is -0.491 e. The lowest BCUT2D eigenvalue weighted by molar-refractivity contribution is 0.146. The van der Waals surface area contributed by atoms with Crippen LogP contribution in [0.5, 0.6) is 5.75 Å². The third kappa shape index (κ3) is 2.96. The summed E-state index contributed by atoms with van der Waals surface area (Å²) >= 11 is 0. The lowest BCUT2D eigenvalue weighted by atomic mass is 9.97. The van der Waals surface area contributed by atoms with E-state index in [1.807, 2.05) is 6.07 Å². The van der Waals surface area contributed by atoms with Crippen LogP contribution in [0.15, 0.2) is 48.2 Å². The largest absolute Gasteiger partial charge is 0.491 e. The Kier molecular flexibility index (Phi) is 4.65. The zero-order chi connectivity index (χ0) is 17.9. The van der Waals surface area contributed by atoms with E-state index in [2.05, 4.69) is 53.1 Å². The Morgan fingerprint density at radius 2 is 1.92 bits per heavy atom. The van der Waals surface area contributed by atoms with Gasteiger partial charge in [0.2, 0.25) is 0 Å². The number of rotatable bonds is 5. The standard InChI is InChI=1S/C21H23N3O2/c1-25-10-11-26-21-9-8-19-15(16(21)12-22)6-7-20(24-19)17-13-23-18-5-3-2-4-14(17)18/h2-9,23-24H,10-13,22H2,1H3. The lowest BCUT2D eigenvalue weighted by Crippen LogP contribution is -2.13. The van der Waals surface area contributed by atoms with E-state index in [-0.39, 0.29) is 0 Å². The topological polar surface area (TPSA) is 68.5 Å². The summed E-state index contributed by atoms with van der Waals surface area (Å²) in [6, 6.07) is 12.4. The maximum Gasteiger partial charge on any atom is 0.124 e. The van der Waals surface area contributed by atoms with Gasteiger partial charge in [0.15, 0.2) is 0 Å². The molecule has 2 aliphatic rings. The van der Waals surface area contributed by atoms with Crippen molar-refractivity contribution in [2.75, 3.05) is 37.5 Å². The van der Waals surface area contributed by atoms with E-state index >= 15 is 0 Å². The van der Waals surface area contributed by atoms with Crippen LogP contribution in [0.4, 0.5) is 11.4 Å². The Morgan fingerprint density at radius 3 is 2.77 bits per heavy atom. The van der Waals surface area contributed by atoms with Crippen LogP contribution in [0, 0.1) is 0 Å². The van der Waals surface area contributed by atoms with Gasteiger partial charge < -0.3 is 25.8 Å². The summed E-state index contributed by atoms with van der Waals surface area (Å²) in [6.45, 7) is 2.31. The highest BCUT2D eigenvalue weighted by molar-refractivity contribution is 5.91. The maximum absolute atomic E-state index is 6.00. The van der Waals surface area contributed by atoms with Crippen molar-refractivity contribution >= 4 is 23.0 Å². The summed E-state index contributed by atoms with van der Waals surface area (Å²) in [4.78, 5) is 0. The molecule has 0 saturated carbocycles. The van der Waals surface area contributed by atoms with Crippen molar-refractivity contribution in [2.24, 2.45) is 5.73 Å². The molecular weight excluding hydrogens is 326 g/mol. The molecule has 0 aliphatic carbocycles. The van der Waals surface area contributed by atoms with Gasteiger partial charge in [0.1, 0.15) is 12.4 Å². The minimum absolute atomic E-state index is 0.424. The van der Waals surface area contributed by atoms with Gasteiger partial charge >= 0.3 is 0 Å². The van der Waals surface area contributed by atoms with E-state index in [9.17, 15) is 0 Å². The van der Waals surface area contributed by atoms with Crippen LogP contribution < -0.4 is 21.1 Å². The molecular formula is C21H23N3O2. The lowest BCUT2D eigenvalue weighted by Gasteiger charge is -2.22. The Morgan fingerprint density at radius 1 is 1.04 bits per heavy atom. The van der Waals surface area contributed by atoms with Gasteiger partial charge in [-0.3, -0.25) is 0 Å². The molecule has 5 nitrogen and oxygen atoms in total. The molecule has 2 aliphatic heterocycles. The highest BCUT2D eigenvalue weighted by Gasteiger charge is 2.21. The maximum atomic E-state index is 6.00. The van der Waals surface area contributed by atoms with Crippen LogP contribution in [-0.2, 0) is 11.3 Å². The van der Waals surface area contributed by atoms with E-state index in [1.165, 1.54) is 16.8 Å². The summed E-state index contributed by atoms with van der Waals surface area (Å²) < 4.78 is 10.9. The summed E-state index contributed by atoms with van der Waals surface area (Å²) in [5.74, 6) is 0.818. The van der Waals surface area contributed by atoms with E-state index in [4.69, 9.17) is 15.2 Å². The van der Waals surface area contributed by atoms with E-state index in [0.29, 0.717) is 19.8 Å². The van der Waals surface area contributed by atoms with Crippen molar-refractivity contribution in [3.63, 3.8) is 0 Å². The third-order valence-electron chi connectivity index (χ3n) is 4.78. The number of benzene rings is 2. The van der Waals surface area contributed by atoms with Gasteiger partial charge in [-0.1, -0.05) is 24.3 Å². The van der Waals surface area contributed by atoms with Gasteiger partial charge in [-0.2, -0.15) is 0 Å². The number of methoxy groups -OCH3 is 1. The van der Waals surface area contributed by atoms with E-state index in [0.717, 1.165) is 34.8 Å². The number of ether oxygens (including phenoxy) is 2. The Hall–Kier alpha value is -2.76. The van der Waals surface area contributed by atoms with Crippen LogP contribution >= 0.6 is 0 Å². The van der Waals surface area contributed by atoms with Crippen molar-refractivity contribution in [1.29, 1.82) is 0 Å². The number of nitrogens with two attached hydrogens (primary N) is 1. The molecule has 2 heterocycles. The second-order valence-corrected chi connectivity index (χ2v) is 6.30. The van der Waals surface area contributed by atoms with Gasteiger partial charge in [-0.25, -0.2) is 0 Å². The molecule has 0 saturated heterocycles. The van der Waals surface area contributed by atoms with Crippen molar-refractivity contribution in [1.82, 2.24) is 0 Å². The highest BCUT2D eigenvalue weighted by Crippen LogP contribution is 2.38. The fourth-order valence-corrected chi connectivity index (χ4v) is 3.47. The normalized spacial score (nSPS) is 17.3. The Bertz CT molecular complexity index is 887. The molecule has 0 unspecified atom stereocenters. The summed E-state index contributed by atoms with van der Waals surface area (Å²) in [5, 5.41) is 7.01. The molecule has 0 amide bonds. The number of para-hydroxylation sites is 1. The van der Waals surface area contributed by atoms with Crippen LogP contribution in [0.25, 0.3) is 11.6 Å². The molecule has 0 atom stereocenters. The molecule has 2 aromatic carbocycles. The summed E-state index contributed by atoms with van der Waals surface area (Å²) in [6.07, 6.45) is 4.25. The number of fused-ring (bicyclic) bond motifs is 2. The zero-order valence-corrected chi connectivity index (χ0v) is 14.8. The smallest absolute Gasteiger partial charge is 0.124 e. The summed E-state index contributed by atoms with van der Waals surface area (Å²) in [5.41, 5.74) is 14.0. The van der Waals surface area contributed by atoms with Gasteiger partial charge in [0.05, 0.1) is 6.61 Å². The molecule has 4 rings (SSSR count). The van der Waals surface area contributed by atoms with Gasteiger partial charge in [-0.15, -0.1) is 0 Å². The predicted octanol–water partition coefficient (Wildman–Crippen LogP) is 3.45. The Labute approximate surface area is 153 Å². The molecule has 5 heteroatoms. The molecule has 2 aromatic rings. The van der Waals surface area contributed by atoms with Crippen LogP contribution in [-0.4, -0.2) is 26.9 Å². The van der Waals surface area contributed by atoms with Crippen LogP contribution in [0.1, 0.15) is 16.7 Å². The van der Waals surface area contributed by atoms with E-state index in [1.54, 1.807) is 7.11 Å². The molecule has 134 valence electrons. The first-order chi connectivity index (χ1) is 12.8. The zero-order valence-electron chi connectivity index (χ0n) is 14.8. The third-order valence-corrected chi connectivity index (χ3v) is 4.78. The predicted molar refractivity (Wildman–Crippen MR) is 106 cm³/mol. The van der Waals surface area contributed by atoms with Gasteiger partial charge in [0.25, 0.3) is 0 Å². The monoisotopic (exact) mass is 349 g/mol. The second kappa shape index (κ2) is 7.23. The number of nitrogens with one attached hydrogen (secondary N) is 2. The first-order valence-electron chi connectivity index (χ1n) is 8.81. The quantitative estimate of drug-likeness (QED) is 0.722. The fraction of sp³-hybridized carbons (Fsp3) is 0.238. The molecule has 0 spiro atoms. The van der Waals surface area contributed by atoms with Crippen LogP contribution in [0.3, 0.4) is 0 Å². The highest BCUT2D eigenvalue weighted by atomic mass is 16.5. The van der Waals surface area contributed by atoms with Crippen molar-refractivity contribution in [3.05, 3.63) is 64.9 Å².